The molecule has 0 bridgehead atoms. The molecule has 1 aromatic rings. The van der Waals surface area contributed by atoms with Crippen LogP contribution >= 0.6 is 0 Å². The predicted molar refractivity (Wildman–Crippen MR) is 73.2 cm³/mol. The van der Waals surface area contributed by atoms with Gasteiger partial charge >= 0.3 is 12.1 Å². The number of halogens is 3. The third kappa shape index (κ3) is 3.60. The summed E-state index contributed by atoms with van der Waals surface area (Å²) in [5.74, 6) is -3.70. The summed E-state index contributed by atoms with van der Waals surface area (Å²) in [6.45, 7) is 0. The van der Waals surface area contributed by atoms with Crippen molar-refractivity contribution in [3.8, 4) is 0 Å². The Morgan fingerprint density at radius 1 is 1.18 bits per heavy atom. The van der Waals surface area contributed by atoms with Gasteiger partial charge < -0.3 is 5.11 Å². The minimum Gasteiger partial charge on any atom is -0.481 e. The van der Waals surface area contributed by atoms with Crippen molar-refractivity contribution in [2.24, 2.45) is 5.92 Å². The number of carboxylic acids is 1. The van der Waals surface area contributed by atoms with Crippen molar-refractivity contribution in [3.05, 3.63) is 35.4 Å². The first-order valence-corrected chi connectivity index (χ1v) is 8.53. The summed E-state index contributed by atoms with van der Waals surface area (Å²) in [6.07, 6.45) is -4.53. The highest BCUT2D eigenvalue weighted by molar-refractivity contribution is 7.91. The van der Waals surface area contributed by atoms with Gasteiger partial charge in [-0.05, 0) is 30.4 Å². The monoisotopic (exact) mass is 336 g/mol. The summed E-state index contributed by atoms with van der Waals surface area (Å²) in [7, 11) is -3.21. The van der Waals surface area contributed by atoms with Crippen molar-refractivity contribution in [3.63, 3.8) is 0 Å². The second-order valence-corrected chi connectivity index (χ2v) is 7.69. The van der Waals surface area contributed by atoms with Crippen LogP contribution in [0.1, 0.15) is 29.9 Å². The highest BCUT2D eigenvalue weighted by Gasteiger charge is 2.41. The molecule has 0 aromatic heterocycles. The summed E-state index contributed by atoms with van der Waals surface area (Å²) < 4.78 is 62.1. The molecule has 0 saturated carbocycles. The maximum absolute atomic E-state index is 13.1. The van der Waals surface area contributed by atoms with Gasteiger partial charge in [0.15, 0.2) is 0 Å². The molecule has 1 fully saturated rings. The molecule has 1 unspecified atom stereocenters. The largest absolute Gasteiger partial charge is 0.481 e. The Hall–Kier alpha value is -1.57. The molecule has 122 valence electrons. The summed E-state index contributed by atoms with van der Waals surface area (Å²) in [4.78, 5) is 11.5. The van der Waals surface area contributed by atoms with E-state index in [1.165, 1.54) is 12.1 Å². The molecule has 4 nitrogen and oxygen atoms in total. The van der Waals surface area contributed by atoms with E-state index < -0.39 is 39.4 Å². The van der Waals surface area contributed by atoms with E-state index in [2.05, 4.69) is 0 Å². The second-order valence-electron chi connectivity index (χ2n) is 5.39. The lowest BCUT2D eigenvalue weighted by atomic mass is 9.80. The SMILES string of the molecule is O=C(O)C(c1ccccc1C(F)(F)F)C1CCS(=O)(=O)CC1. The van der Waals surface area contributed by atoms with Crippen LogP contribution in [0.4, 0.5) is 13.2 Å². The molecule has 1 aliphatic heterocycles. The third-order valence-electron chi connectivity index (χ3n) is 3.94. The normalized spacial score (nSPS) is 20.5. The van der Waals surface area contributed by atoms with Crippen LogP contribution in [0.25, 0.3) is 0 Å². The van der Waals surface area contributed by atoms with Gasteiger partial charge in [-0.3, -0.25) is 4.79 Å². The summed E-state index contributed by atoms with van der Waals surface area (Å²) in [6, 6.07) is 4.58. The van der Waals surface area contributed by atoms with Crippen LogP contribution in [0, 0.1) is 5.92 Å². The number of alkyl halides is 3. The zero-order valence-corrected chi connectivity index (χ0v) is 12.3. The number of carboxylic acid groups (broad SMARTS) is 1. The van der Waals surface area contributed by atoms with Crippen LogP contribution in [-0.4, -0.2) is 31.0 Å². The minimum absolute atomic E-state index is 0.0610. The van der Waals surface area contributed by atoms with Crippen LogP contribution in [0.2, 0.25) is 0 Å². The lowest BCUT2D eigenvalue weighted by Crippen LogP contribution is -2.32. The van der Waals surface area contributed by atoms with Crippen molar-refractivity contribution in [2.75, 3.05) is 11.5 Å². The average molecular weight is 336 g/mol. The predicted octanol–water partition coefficient (Wildman–Crippen LogP) is 2.70. The van der Waals surface area contributed by atoms with Crippen LogP contribution < -0.4 is 0 Å². The molecule has 0 amide bonds. The molecule has 1 atom stereocenters. The third-order valence-corrected chi connectivity index (χ3v) is 5.65. The lowest BCUT2D eigenvalue weighted by molar-refractivity contribution is -0.142. The van der Waals surface area contributed by atoms with Crippen LogP contribution in [0.5, 0.6) is 0 Å². The van der Waals surface area contributed by atoms with E-state index in [9.17, 15) is 31.5 Å². The van der Waals surface area contributed by atoms with Crippen molar-refractivity contribution in [2.45, 2.75) is 24.9 Å². The zero-order chi connectivity index (χ0) is 16.5. The molecule has 1 N–H and O–H groups in total. The first-order valence-electron chi connectivity index (χ1n) is 6.71. The fourth-order valence-electron chi connectivity index (χ4n) is 2.86. The number of benzene rings is 1. The highest BCUT2D eigenvalue weighted by Crippen LogP contribution is 2.40. The first kappa shape index (κ1) is 16.8. The Morgan fingerprint density at radius 2 is 1.73 bits per heavy atom. The summed E-state index contributed by atoms with van der Waals surface area (Å²) in [5, 5.41) is 9.38. The van der Waals surface area contributed by atoms with Gasteiger partial charge in [0, 0.05) is 0 Å². The molecular weight excluding hydrogens is 321 g/mol. The maximum atomic E-state index is 13.1. The molecule has 2 rings (SSSR count). The topological polar surface area (TPSA) is 71.4 Å². The van der Waals surface area contributed by atoms with E-state index in [0.29, 0.717) is 0 Å². The zero-order valence-electron chi connectivity index (χ0n) is 11.5. The van der Waals surface area contributed by atoms with Gasteiger partial charge in [0.25, 0.3) is 0 Å². The molecule has 1 aliphatic rings. The Balaban J connectivity index is 2.40. The van der Waals surface area contributed by atoms with E-state index in [0.717, 1.165) is 12.1 Å². The standard InChI is InChI=1S/C14H15F3O4S/c15-14(16,17)11-4-2-1-3-10(11)12(13(18)19)9-5-7-22(20,21)8-6-9/h1-4,9,12H,5-8H2,(H,18,19). The number of rotatable bonds is 3. The Bertz CT molecular complexity index is 653. The van der Waals surface area contributed by atoms with Crippen molar-refractivity contribution in [1.29, 1.82) is 0 Å². The molecule has 1 saturated heterocycles. The van der Waals surface area contributed by atoms with Gasteiger partial charge in [0.1, 0.15) is 9.84 Å². The van der Waals surface area contributed by atoms with E-state index in [4.69, 9.17) is 0 Å². The number of aliphatic carboxylic acids is 1. The maximum Gasteiger partial charge on any atom is 0.416 e. The van der Waals surface area contributed by atoms with Gasteiger partial charge in [-0.25, -0.2) is 8.42 Å². The number of hydrogen-bond donors (Lipinski definition) is 1. The van der Waals surface area contributed by atoms with Gasteiger partial charge in [0.05, 0.1) is 23.0 Å². The fourth-order valence-corrected chi connectivity index (χ4v) is 4.38. The van der Waals surface area contributed by atoms with Crippen molar-refractivity contribution in [1.82, 2.24) is 0 Å². The van der Waals surface area contributed by atoms with E-state index in [-0.39, 0.29) is 29.9 Å². The smallest absolute Gasteiger partial charge is 0.416 e. The minimum atomic E-state index is -4.65. The quantitative estimate of drug-likeness (QED) is 0.921. The molecular formula is C14H15F3O4S. The van der Waals surface area contributed by atoms with Crippen LogP contribution in [-0.2, 0) is 20.8 Å². The average Bonchev–Trinajstić information content (AvgIpc) is 2.40. The molecule has 1 heterocycles. The molecule has 22 heavy (non-hydrogen) atoms. The lowest BCUT2D eigenvalue weighted by Gasteiger charge is -2.29. The van der Waals surface area contributed by atoms with Crippen molar-refractivity contribution >= 4 is 15.8 Å². The second kappa shape index (κ2) is 5.91. The number of hydrogen-bond acceptors (Lipinski definition) is 3. The van der Waals surface area contributed by atoms with Crippen molar-refractivity contribution < 1.29 is 31.5 Å². The Kier molecular flexibility index (Phi) is 4.51. The molecule has 1 aromatic carbocycles. The van der Waals surface area contributed by atoms with Gasteiger partial charge in [-0.1, -0.05) is 18.2 Å². The Labute approximate surface area is 125 Å². The van der Waals surface area contributed by atoms with Gasteiger partial charge in [0.2, 0.25) is 0 Å². The molecule has 8 heteroatoms. The first-order chi connectivity index (χ1) is 10.1. The van der Waals surface area contributed by atoms with Crippen LogP contribution in [0.3, 0.4) is 0 Å². The fraction of sp³-hybridized carbons (Fsp3) is 0.500. The summed E-state index contributed by atoms with van der Waals surface area (Å²) in [5.41, 5.74) is -1.28. The van der Waals surface area contributed by atoms with E-state index >= 15 is 0 Å². The molecule has 0 spiro atoms. The highest BCUT2D eigenvalue weighted by atomic mass is 32.2. The number of sulfone groups is 1. The van der Waals surface area contributed by atoms with Gasteiger partial charge in [-0.2, -0.15) is 13.2 Å². The van der Waals surface area contributed by atoms with Gasteiger partial charge in [-0.15, -0.1) is 0 Å². The number of carbonyl (C=O) groups is 1. The van der Waals surface area contributed by atoms with E-state index in [1.54, 1.807) is 0 Å². The Morgan fingerprint density at radius 3 is 2.23 bits per heavy atom. The summed E-state index contributed by atoms with van der Waals surface area (Å²) >= 11 is 0. The van der Waals surface area contributed by atoms with Crippen LogP contribution in [0.15, 0.2) is 24.3 Å². The molecule has 0 aliphatic carbocycles. The van der Waals surface area contributed by atoms with E-state index in [1.807, 2.05) is 0 Å². The molecule has 0 radical (unpaired) electrons.